The molecular weight excluding hydrogens is 299 g/mol. The summed E-state index contributed by atoms with van der Waals surface area (Å²) < 4.78 is 0. The van der Waals surface area contributed by atoms with Crippen molar-refractivity contribution in [2.24, 2.45) is 5.92 Å². The van der Waals surface area contributed by atoms with Crippen molar-refractivity contribution in [3.63, 3.8) is 0 Å². The zero-order valence-corrected chi connectivity index (χ0v) is 13.7. The number of rotatable bonds is 1. The molecule has 4 heteroatoms. The van der Waals surface area contributed by atoms with Crippen LogP contribution in [0.5, 0.6) is 0 Å². The molecule has 2 saturated heterocycles. The fourth-order valence-corrected chi connectivity index (χ4v) is 3.01. The second-order valence-electron chi connectivity index (χ2n) is 5.23. The summed E-state index contributed by atoms with van der Waals surface area (Å²) in [5.74, 6) is 1.76. The van der Waals surface area contributed by atoms with Crippen LogP contribution in [0.1, 0.15) is 12.8 Å². The van der Waals surface area contributed by atoms with E-state index in [1.54, 1.807) is 0 Å². The van der Waals surface area contributed by atoms with Gasteiger partial charge in [-0.2, -0.15) is 5.92 Å². The van der Waals surface area contributed by atoms with Crippen LogP contribution in [0.15, 0.2) is 24.4 Å². The van der Waals surface area contributed by atoms with Crippen molar-refractivity contribution in [1.82, 2.24) is 9.88 Å². The molecule has 0 aromatic carbocycles. The van der Waals surface area contributed by atoms with Crippen molar-refractivity contribution < 1.29 is 32.7 Å². The maximum absolute atomic E-state index is 4.45. The number of fused-ring (bicyclic) bond motifs is 1. The molecule has 1 radical (unpaired) electrons. The molecule has 0 spiro atoms. The third kappa shape index (κ3) is 3.12. The number of hydrogen-bond acceptors (Lipinski definition) is 3. The Bertz CT molecular complexity index is 371. The summed E-state index contributed by atoms with van der Waals surface area (Å²) >= 11 is 0. The Hall–Kier alpha value is 0.0139. The van der Waals surface area contributed by atoms with Gasteiger partial charge in [0.25, 0.3) is 0 Å². The minimum absolute atomic E-state index is 0. The predicted octanol–water partition coefficient (Wildman–Crippen LogP) is 1.81. The Kier molecular flexibility index (Phi) is 5.17. The molecule has 1 aromatic rings. The zero-order valence-electron chi connectivity index (χ0n) is 10.8. The van der Waals surface area contributed by atoms with Crippen LogP contribution in [-0.4, -0.2) is 42.1 Å². The molecule has 0 amide bonds. The monoisotopic (exact) mass is 319 g/mol. The summed E-state index contributed by atoms with van der Waals surface area (Å²) in [5.41, 5.74) is 0. The van der Waals surface area contributed by atoms with Gasteiger partial charge in [-0.3, -0.25) is 4.90 Å². The standard InChI is InChI=1S/C14H20N3.Y/c1-12-5-6-13-11-17(9-8-16(13)10-12)14-4-2-3-7-15-14;/h2-4,7,12-13H,1,5-6,8-11H2;/q-1;. The summed E-state index contributed by atoms with van der Waals surface area (Å²) in [4.78, 5) is 9.48. The summed E-state index contributed by atoms with van der Waals surface area (Å²) in [6, 6.07) is 6.88. The van der Waals surface area contributed by atoms with Crippen LogP contribution in [0.25, 0.3) is 0 Å². The molecule has 95 valence electrons. The van der Waals surface area contributed by atoms with E-state index in [0.29, 0.717) is 12.0 Å². The van der Waals surface area contributed by atoms with Crippen molar-refractivity contribution in [2.45, 2.75) is 18.9 Å². The third-order valence-corrected chi connectivity index (χ3v) is 3.98. The van der Waals surface area contributed by atoms with E-state index in [-0.39, 0.29) is 32.7 Å². The molecule has 2 unspecified atom stereocenters. The van der Waals surface area contributed by atoms with Crippen molar-refractivity contribution in [3.05, 3.63) is 31.3 Å². The number of anilines is 1. The summed E-state index contributed by atoms with van der Waals surface area (Å²) in [6.45, 7) is 8.77. The number of aromatic nitrogens is 1. The zero-order chi connectivity index (χ0) is 11.7. The molecule has 0 aliphatic carbocycles. The molecule has 3 rings (SSSR count). The molecule has 2 aliphatic heterocycles. The number of nitrogens with zero attached hydrogens (tertiary/aromatic N) is 3. The molecule has 2 atom stereocenters. The van der Waals surface area contributed by atoms with E-state index in [1.165, 1.54) is 19.4 Å². The first kappa shape index (κ1) is 14.4. The second-order valence-corrected chi connectivity index (χ2v) is 5.23. The Balaban J connectivity index is 0.00000120. The first-order valence-electron chi connectivity index (χ1n) is 6.56. The minimum Gasteiger partial charge on any atom is -0.354 e. The normalized spacial score (nSPS) is 28.4. The van der Waals surface area contributed by atoms with E-state index in [9.17, 15) is 0 Å². The molecule has 2 aliphatic rings. The average Bonchev–Trinajstić information content (AvgIpc) is 2.39. The molecule has 0 saturated carbocycles. The van der Waals surface area contributed by atoms with Gasteiger partial charge < -0.3 is 11.8 Å². The van der Waals surface area contributed by atoms with Crippen LogP contribution in [-0.2, 0) is 32.7 Å². The second kappa shape index (κ2) is 6.45. The fraction of sp³-hybridized carbons (Fsp3) is 0.571. The smallest absolute Gasteiger partial charge is 0.128 e. The quantitative estimate of drug-likeness (QED) is 0.736. The molecule has 0 N–H and O–H groups in total. The SMILES string of the molecule is [CH2-]C1CCC2CN(c3ccccn3)CCN2C1.[Y]. The minimum atomic E-state index is 0. The Morgan fingerprint density at radius 3 is 2.83 bits per heavy atom. The van der Waals surface area contributed by atoms with Gasteiger partial charge in [0.05, 0.1) is 0 Å². The van der Waals surface area contributed by atoms with Crippen LogP contribution in [0.2, 0.25) is 0 Å². The number of hydrogen-bond donors (Lipinski definition) is 0. The predicted molar refractivity (Wildman–Crippen MR) is 69.9 cm³/mol. The van der Waals surface area contributed by atoms with Crippen molar-refractivity contribution in [3.8, 4) is 0 Å². The summed E-state index contributed by atoms with van der Waals surface area (Å²) in [7, 11) is 0. The van der Waals surface area contributed by atoms with Crippen molar-refractivity contribution in [1.29, 1.82) is 0 Å². The van der Waals surface area contributed by atoms with E-state index in [2.05, 4.69) is 33.8 Å². The first-order valence-corrected chi connectivity index (χ1v) is 6.56. The summed E-state index contributed by atoms with van der Waals surface area (Å²) in [5, 5.41) is 0. The first-order chi connectivity index (χ1) is 8.33. The van der Waals surface area contributed by atoms with Crippen molar-refractivity contribution in [2.75, 3.05) is 31.1 Å². The van der Waals surface area contributed by atoms with Gasteiger partial charge in [-0.25, -0.2) is 4.98 Å². The van der Waals surface area contributed by atoms with E-state index < -0.39 is 0 Å². The number of piperazine rings is 1. The van der Waals surface area contributed by atoms with Crippen molar-refractivity contribution >= 4 is 5.82 Å². The van der Waals surface area contributed by atoms with E-state index in [1.807, 2.05) is 12.3 Å². The molecular formula is C14H20N3Y-. The van der Waals surface area contributed by atoms with Crippen LogP contribution in [0, 0.1) is 12.8 Å². The average molecular weight is 319 g/mol. The van der Waals surface area contributed by atoms with Crippen LogP contribution in [0.3, 0.4) is 0 Å². The molecule has 1 aromatic heterocycles. The van der Waals surface area contributed by atoms with Gasteiger partial charge in [-0.15, -0.1) is 0 Å². The Morgan fingerprint density at radius 2 is 2.06 bits per heavy atom. The van der Waals surface area contributed by atoms with Gasteiger partial charge in [0, 0.05) is 64.6 Å². The third-order valence-electron chi connectivity index (χ3n) is 3.98. The van der Waals surface area contributed by atoms with Crippen LogP contribution >= 0.6 is 0 Å². The largest absolute Gasteiger partial charge is 0.354 e. The fourth-order valence-electron chi connectivity index (χ4n) is 3.01. The van der Waals surface area contributed by atoms with Gasteiger partial charge in [0.1, 0.15) is 5.82 Å². The molecule has 3 heterocycles. The maximum Gasteiger partial charge on any atom is 0.128 e. The molecule has 2 fully saturated rings. The topological polar surface area (TPSA) is 19.4 Å². The molecule has 0 bridgehead atoms. The summed E-state index contributed by atoms with van der Waals surface area (Å²) in [6.07, 6.45) is 4.45. The van der Waals surface area contributed by atoms with Gasteiger partial charge in [-0.1, -0.05) is 12.5 Å². The van der Waals surface area contributed by atoms with Gasteiger partial charge in [0.2, 0.25) is 0 Å². The van der Waals surface area contributed by atoms with Crippen LogP contribution in [0.4, 0.5) is 5.82 Å². The van der Waals surface area contributed by atoms with E-state index >= 15 is 0 Å². The Morgan fingerprint density at radius 1 is 1.17 bits per heavy atom. The molecule has 18 heavy (non-hydrogen) atoms. The molecule has 3 nitrogen and oxygen atoms in total. The van der Waals surface area contributed by atoms with Gasteiger partial charge in [-0.05, 0) is 25.1 Å². The number of piperidine rings is 1. The van der Waals surface area contributed by atoms with E-state index in [0.717, 1.165) is 25.5 Å². The maximum atomic E-state index is 4.45. The van der Waals surface area contributed by atoms with E-state index in [4.69, 9.17) is 0 Å². The van der Waals surface area contributed by atoms with Gasteiger partial charge in [0.15, 0.2) is 0 Å². The van der Waals surface area contributed by atoms with Gasteiger partial charge >= 0.3 is 0 Å². The number of pyridine rings is 1. The Labute approximate surface area is 135 Å². The van der Waals surface area contributed by atoms with Crippen LogP contribution < -0.4 is 4.90 Å².